The highest BCUT2D eigenvalue weighted by Crippen LogP contribution is 2.23. The molecular formula is C8H9N3O3. The number of carboxylic acid groups (broad SMARTS) is 1. The lowest BCUT2D eigenvalue weighted by Gasteiger charge is -2.12. The van der Waals surface area contributed by atoms with E-state index in [4.69, 9.17) is 5.11 Å². The molecule has 1 aromatic rings. The Labute approximate surface area is 79.5 Å². The van der Waals surface area contributed by atoms with Crippen LogP contribution in [0.5, 0.6) is 0 Å². The Balaban J connectivity index is 2.16. The van der Waals surface area contributed by atoms with Crippen molar-refractivity contribution in [2.75, 3.05) is 11.4 Å². The molecule has 1 aliphatic heterocycles. The molecule has 1 amide bonds. The molecule has 1 aromatic heterocycles. The zero-order valence-corrected chi connectivity index (χ0v) is 7.30. The lowest BCUT2D eigenvalue weighted by molar-refractivity contribution is -0.141. The first-order valence-corrected chi connectivity index (χ1v) is 4.20. The molecule has 0 bridgehead atoms. The Morgan fingerprint density at radius 1 is 1.71 bits per heavy atom. The number of nitrogens with one attached hydrogen (secondary N) is 1. The minimum Gasteiger partial charge on any atom is -0.481 e. The van der Waals surface area contributed by atoms with Gasteiger partial charge < -0.3 is 10.0 Å². The Morgan fingerprint density at radius 2 is 2.50 bits per heavy atom. The van der Waals surface area contributed by atoms with Gasteiger partial charge in [0.15, 0.2) is 0 Å². The topological polar surface area (TPSA) is 86.3 Å². The average molecular weight is 195 g/mol. The number of hydrogen-bond acceptors (Lipinski definition) is 3. The van der Waals surface area contributed by atoms with Crippen LogP contribution in [0.4, 0.5) is 5.69 Å². The summed E-state index contributed by atoms with van der Waals surface area (Å²) in [4.78, 5) is 23.5. The van der Waals surface area contributed by atoms with Crippen LogP contribution in [-0.4, -0.2) is 33.7 Å². The molecule has 74 valence electrons. The highest BCUT2D eigenvalue weighted by molar-refractivity contribution is 5.98. The number of rotatable bonds is 2. The Bertz CT molecular complexity index is 360. The molecule has 1 saturated heterocycles. The monoisotopic (exact) mass is 195 g/mol. The standard InChI is InChI=1S/C8H9N3O3/c12-7-1-5(8(13)14)4-11(7)6-2-9-10-3-6/h2-3,5H,1,4H2,(H,9,10)(H,13,14). The second-order valence-corrected chi connectivity index (χ2v) is 3.20. The molecule has 0 saturated carbocycles. The van der Waals surface area contributed by atoms with E-state index in [9.17, 15) is 9.59 Å². The summed E-state index contributed by atoms with van der Waals surface area (Å²) in [6.45, 7) is 0.230. The van der Waals surface area contributed by atoms with Crippen LogP contribution in [0.1, 0.15) is 6.42 Å². The number of carbonyl (C=O) groups excluding carboxylic acids is 1. The molecule has 2 rings (SSSR count). The molecule has 0 aliphatic carbocycles. The number of aliphatic carboxylic acids is 1. The summed E-state index contributed by atoms with van der Waals surface area (Å²) in [5, 5.41) is 15.0. The van der Waals surface area contributed by atoms with E-state index in [0.29, 0.717) is 5.69 Å². The summed E-state index contributed by atoms with van der Waals surface area (Å²) >= 11 is 0. The smallest absolute Gasteiger partial charge is 0.308 e. The minimum atomic E-state index is -0.927. The predicted molar refractivity (Wildman–Crippen MR) is 46.7 cm³/mol. The highest BCUT2D eigenvalue weighted by Gasteiger charge is 2.35. The molecule has 6 nitrogen and oxygen atoms in total. The summed E-state index contributed by atoms with van der Waals surface area (Å²) in [7, 11) is 0. The Hall–Kier alpha value is -1.85. The Morgan fingerprint density at radius 3 is 3.00 bits per heavy atom. The van der Waals surface area contributed by atoms with Crippen molar-refractivity contribution in [2.45, 2.75) is 6.42 Å². The van der Waals surface area contributed by atoms with Gasteiger partial charge in [0.25, 0.3) is 0 Å². The van der Waals surface area contributed by atoms with Gasteiger partial charge in [-0.2, -0.15) is 5.10 Å². The molecule has 1 fully saturated rings. The van der Waals surface area contributed by atoms with E-state index in [1.54, 1.807) is 6.20 Å². The van der Waals surface area contributed by atoms with Gasteiger partial charge in [-0.15, -0.1) is 0 Å². The molecule has 1 aliphatic rings. The first-order chi connectivity index (χ1) is 6.68. The van der Waals surface area contributed by atoms with E-state index in [1.165, 1.54) is 11.1 Å². The first kappa shape index (κ1) is 8.74. The van der Waals surface area contributed by atoms with Crippen molar-refractivity contribution >= 4 is 17.6 Å². The molecule has 1 unspecified atom stereocenters. The normalized spacial score (nSPS) is 21.6. The zero-order chi connectivity index (χ0) is 10.1. The molecule has 0 radical (unpaired) electrons. The third kappa shape index (κ3) is 1.34. The van der Waals surface area contributed by atoms with Crippen molar-refractivity contribution in [1.29, 1.82) is 0 Å². The van der Waals surface area contributed by atoms with E-state index >= 15 is 0 Å². The van der Waals surface area contributed by atoms with Gasteiger partial charge in [-0.1, -0.05) is 0 Å². The predicted octanol–water partition coefficient (Wildman–Crippen LogP) is -0.153. The number of anilines is 1. The van der Waals surface area contributed by atoms with Crippen molar-refractivity contribution in [3.63, 3.8) is 0 Å². The van der Waals surface area contributed by atoms with Crippen LogP contribution in [0.2, 0.25) is 0 Å². The maximum absolute atomic E-state index is 11.4. The van der Waals surface area contributed by atoms with Crippen LogP contribution in [0, 0.1) is 5.92 Å². The summed E-state index contributed by atoms with van der Waals surface area (Å²) in [5.41, 5.74) is 0.624. The van der Waals surface area contributed by atoms with E-state index in [0.717, 1.165) is 0 Å². The molecule has 6 heteroatoms. The van der Waals surface area contributed by atoms with Crippen molar-refractivity contribution in [3.8, 4) is 0 Å². The largest absolute Gasteiger partial charge is 0.481 e. The number of amides is 1. The van der Waals surface area contributed by atoms with Crippen LogP contribution >= 0.6 is 0 Å². The van der Waals surface area contributed by atoms with Crippen molar-refractivity contribution < 1.29 is 14.7 Å². The SMILES string of the molecule is O=C(O)C1CC(=O)N(c2cn[nH]c2)C1. The number of carboxylic acids is 1. The summed E-state index contributed by atoms with van der Waals surface area (Å²) in [6, 6.07) is 0. The fraction of sp³-hybridized carbons (Fsp3) is 0.375. The van der Waals surface area contributed by atoms with Gasteiger partial charge in [0.2, 0.25) is 5.91 Å². The number of carbonyl (C=O) groups is 2. The van der Waals surface area contributed by atoms with Gasteiger partial charge in [0.1, 0.15) is 0 Å². The second-order valence-electron chi connectivity index (χ2n) is 3.20. The van der Waals surface area contributed by atoms with E-state index in [1.807, 2.05) is 0 Å². The summed E-state index contributed by atoms with van der Waals surface area (Å²) in [5.74, 6) is -1.69. The lowest BCUT2D eigenvalue weighted by Crippen LogP contribution is -2.25. The van der Waals surface area contributed by atoms with Gasteiger partial charge >= 0.3 is 5.97 Å². The quantitative estimate of drug-likeness (QED) is 0.686. The first-order valence-electron chi connectivity index (χ1n) is 4.20. The second kappa shape index (κ2) is 3.13. The van der Waals surface area contributed by atoms with Crippen molar-refractivity contribution in [3.05, 3.63) is 12.4 Å². The van der Waals surface area contributed by atoms with Crippen molar-refractivity contribution in [2.24, 2.45) is 5.92 Å². The van der Waals surface area contributed by atoms with E-state index < -0.39 is 11.9 Å². The molecular weight excluding hydrogens is 186 g/mol. The average Bonchev–Trinajstić information content (AvgIpc) is 2.71. The fourth-order valence-corrected chi connectivity index (χ4v) is 1.51. The number of aromatic nitrogens is 2. The maximum Gasteiger partial charge on any atom is 0.308 e. The van der Waals surface area contributed by atoms with Crippen LogP contribution in [-0.2, 0) is 9.59 Å². The molecule has 14 heavy (non-hydrogen) atoms. The van der Waals surface area contributed by atoms with Crippen LogP contribution < -0.4 is 4.90 Å². The third-order valence-electron chi connectivity index (χ3n) is 2.27. The number of hydrogen-bond donors (Lipinski definition) is 2. The summed E-state index contributed by atoms with van der Waals surface area (Å²) < 4.78 is 0. The van der Waals surface area contributed by atoms with Gasteiger partial charge in [-0.25, -0.2) is 0 Å². The lowest BCUT2D eigenvalue weighted by atomic mass is 10.1. The molecule has 1 atom stereocenters. The van der Waals surface area contributed by atoms with E-state index in [-0.39, 0.29) is 18.9 Å². The maximum atomic E-state index is 11.4. The van der Waals surface area contributed by atoms with Crippen molar-refractivity contribution in [1.82, 2.24) is 10.2 Å². The van der Waals surface area contributed by atoms with Gasteiger partial charge in [-0.3, -0.25) is 14.7 Å². The van der Waals surface area contributed by atoms with Crippen LogP contribution in [0.25, 0.3) is 0 Å². The van der Waals surface area contributed by atoms with Gasteiger partial charge in [0.05, 0.1) is 17.8 Å². The zero-order valence-electron chi connectivity index (χ0n) is 7.30. The molecule has 2 N–H and O–H groups in total. The molecule has 0 aromatic carbocycles. The van der Waals surface area contributed by atoms with Gasteiger partial charge in [0, 0.05) is 19.2 Å². The number of aromatic amines is 1. The molecule has 2 heterocycles. The number of nitrogens with zero attached hydrogens (tertiary/aromatic N) is 2. The minimum absolute atomic E-state index is 0.0700. The van der Waals surface area contributed by atoms with E-state index in [2.05, 4.69) is 10.2 Å². The Kier molecular flexibility index (Phi) is 1.95. The highest BCUT2D eigenvalue weighted by atomic mass is 16.4. The molecule has 0 spiro atoms. The number of H-pyrrole nitrogens is 1. The van der Waals surface area contributed by atoms with Crippen LogP contribution in [0.3, 0.4) is 0 Å². The fourth-order valence-electron chi connectivity index (χ4n) is 1.51. The third-order valence-corrected chi connectivity index (χ3v) is 2.27. The van der Waals surface area contributed by atoms with Gasteiger partial charge in [-0.05, 0) is 0 Å². The van der Waals surface area contributed by atoms with Crippen LogP contribution in [0.15, 0.2) is 12.4 Å². The summed E-state index contributed by atoms with van der Waals surface area (Å²) in [6.07, 6.45) is 3.14.